The van der Waals surface area contributed by atoms with Gasteiger partial charge in [-0.25, -0.2) is 0 Å². The first-order chi connectivity index (χ1) is 17.7. The quantitative estimate of drug-likeness (QED) is 0.264. The van der Waals surface area contributed by atoms with Gasteiger partial charge in [-0.3, -0.25) is 0 Å². The van der Waals surface area contributed by atoms with Crippen LogP contribution in [-0.2, 0) is 6.42 Å². The smallest absolute Gasteiger partial charge is 0.229 e. The second kappa shape index (κ2) is 10.1. The van der Waals surface area contributed by atoms with Crippen molar-refractivity contribution in [2.24, 2.45) is 0 Å². The Balaban J connectivity index is 1.28. The topological polar surface area (TPSA) is 74.8 Å². The summed E-state index contributed by atoms with van der Waals surface area (Å²) < 4.78 is 0. The molecule has 0 aliphatic heterocycles. The fourth-order valence-electron chi connectivity index (χ4n) is 5.76. The predicted octanol–water partition coefficient (Wildman–Crippen LogP) is 7.04. The first-order valence-electron chi connectivity index (χ1n) is 13.3. The Labute approximate surface area is 213 Å². The number of aryl methyl sites for hydroxylation is 1. The lowest BCUT2D eigenvalue weighted by atomic mass is 9.96. The summed E-state index contributed by atoms with van der Waals surface area (Å²) in [6.07, 6.45) is 8.30. The van der Waals surface area contributed by atoms with E-state index in [1.807, 2.05) is 0 Å². The SMILES string of the molecule is C[C@@H](Nc1nc(NC2CCCCC2)nc(N[C@@H]2CCc3ccccc32)n1)c1cccc2ccccc12. The van der Waals surface area contributed by atoms with Gasteiger partial charge in [0.25, 0.3) is 0 Å². The molecule has 2 atom stereocenters. The molecule has 1 heterocycles. The zero-order valence-electron chi connectivity index (χ0n) is 20.9. The molecule has 2 aliphatic carbocycles. The Kier molecular flexibility index (Phi) is 6.41. The van der Waals surface area contributed by atoms with Crippen molar-refractivity contribution in [2.45, 2.75) is 70.0 Å². The van der Waals surface area contributed by atoms with Crippen LogP contribution in [0.25, 0.3) is 10.8 Å². The Bertz CT molecular complexity index is 1340. The van der Waals surface area contributed by atoms with Crippen LogP contribution in [0.1, 0.15) is 74.2 Å². The number of nitrogens with zero attached hydrogens (tertiary/aromatic N) is 3. The molecule has 184 valence electrons. The number of aromatic nitrogens is 3. The molecular formula is C30H34N6. The third kappa shape index (κ3) is 4.85. The first-order valence-corrected chi connectivity index (χ1v) is 13.3. The lowest BCUT2D eigenvalue weighted by molar-refractivity contribution is 0.461. The summed E-state index contributed by atoms with van der Waals surface area (Å²) >= 11 is 0. The highest BCUT2D eigenvalue weighted by molar-refractivity contribution is 5.86. The third-order valence-electron chi connectivity index (χ3n) is 7.65. The summed E-state index contributed by atoms with van der Waals surface area (Å²) in [5, 5.41) is 13.3. The zero-order valence-corrected chi connectivity index (χ0v) is 20.9. The Hall–Kier alpha value is -3.67. The maximum absolute atomic E-state index is 4.82. The van der Waals surface area contributed by atoms with Gasteiger partial charge in [0.1, 0.15) is 0 Å². The van der Waals surface area contributed by atoms with Crippen LogP contribution in [0.5, 0.6) is 0 Å². The standard InChI is InChI=1S/C30H34N6/c1-20(24-17-9-12-21-10-5-7-15-25(21)24)31-28-34-29(32-23-13-3-2-4-14-23)36-30(35-28)33-27-19-18-22-11-6-8-16-26(22)27/h5-12,15-17,20,23,27H,2-4,13-14,18-19H2,1H3,(H3,31,32,33,34,35,36)/t20-,27-/m1/s1. The summed E-state index contributed by atoms with van der Waals surface area (Å²) in [6.45, 7) is 2.17. The van der Waals surface area contributed by atoms with E-state index in [0.29, 0.717) is 23.9 Å². The molecule has 1 saturated carbocycles. The highest BCUT2D eigenvalue weighted by Crippen LogP contribution is 2.33. The molecule has 0 radical (unpaired) electrons. The van der Waals surface area contributed by atoms with Crippen molar-refractivity contribution >= 4 is 28.6 Å². The molecule has 1 fully saturated rings. The van der Waals surface area contributed by atoms with Crippen LogP contribution in [0.3, 0.4) is 0 Å². The van der Waals surface area contributed by atoms with Crippen LogP contribution in [0.15, 0.2) is 66.7 Å². The minimum absolute atomic E-state index is 0.0427. The molecule has 1 aromatic heterocycles. The molecule has 6 rings (SSSR count). The van der Waals surface area contributed by atoms with Gasteiger partial charge in [0.15, 0.2) is 0 Å². The van der Waals surface area contributed by atoms with E-state index in [1.165, 1.54) is 59.6 Å². The number of nitrogens with one attached hydrogen (secondary N) is 3. The number of hydrogen-bond donors (Lipinski definition) is 3. The average molecular weight is 479 g/mol. The van der Waals surface area contributed by atoms with E-state index >= 15 is 0 Å². The van der Waals surface area contributed by atoms with Gasteiger partial charge < -0.3 is 16.0 Å². The van der Waals surface area contributed by atoms with Crippen LogP contribution in [0, 0.1) is 0 Å². The number of rotatable bonds is 7. The summed E-state index contributed by atoms with van der Waals surface area (Å²) in [4.78, 5) is 14.4. The van der Waals surface area contributed by atoms with E-state index in [9.17, 15) is 0 Å². The van der Waals surface area contributed by atoms with E-state index in [0.717, 1.165) is 12.8 Å². The largest absolute Gasteiger partial charge is 0.351 e. The second-order valence-electron chi connectivity index (χ2n) is 10.2. The fourth-order valence-corrected chi connectivity index (χ4v) is 5.76. The average Bonchev–Trinajstić information content (AvgIpc) is 3.31. The normalized spacial score (nSPS) is 18.5. The van der Waals surface area contributed by atoms with E-state index in [-0.39, 0.29) is 12.1 Å². The van der Waals surface area contributed by atoms with Gasteiger partial charge in [-0.1, -0.05) is 86.0 Å². The zero-order chi connectivity index (χ0) is 24.3. The molecule has 0 amide bonds. The van der Waals surface area contributed by atoms with Crippen molar-refractivity contribution in [2.75, 3.05) is 16.0 Å². The van der Waals surface area contributed by atoms with Crippen molar-refractivity contribution < 1.29 is 0 Å². The molecule has 2 aliphatic rings. The fraction of sp³-hybridized carbons (Fsp3) is 0.367. The minimum Gasteiger partial charge on any atom is -0.351 e. The van der Waals surface area contributed by atoms with E-state index < -0.39 is 0 Å². The molecule has 3 aromatic carbocycles. The molecule has 36 heavy (non-hydrogen) atoms. The first kappa shape index (κ1) is 22.8. The second-order valence-corrected chi connectivity index (χ2v) is 10.2. The van der Waals surface area contributed by atoms with Crippen molar-refractivity contribution in [3.63, 3.8) is 0 Å². The maximum Gasteiger partial charge on any atom is 0.229 e. The highest BCUT2D eigenvalue weighted by atomic mass is 15.3. The number of hydrogen-bond acceptors (Lipinski definition) is 6. The van der Waals surface area contributed by atoms with Crippen molar-refractivity contribution in [3.05, 3.63) is 83.4 Å². The molecule has 0 spiro atoms. The molecule has 4 aromatic rings. The lowest BCUT2D eigenvalue weighted by Crippen LogP contribution is -2.24. The van der Waals surface area contributed by atoms with E-state index in [4.69, 9.17) is 15.0 Å². The minimum atomic E-state index is 0.0427. The predicted molar refractivity (Wildman–Crippen MR) is 147 cm³/mol. The monoisotopic (exact) mass is 478 g/mol. The van der Waals surface area contributed by atoms with E-state index in [1.54, 1.807) is 0 Å². The Morgan fingerprint density at radius 1 is 0.722 bits per heavy atom. The van der Waals surface area contributed by atoms with Gasteiger partial charge >= 0.3 is 0 Å². The number of fused-ring (bicyclic) bond motifs is 2. The van der Waals surface area contributed by atoms with Gasteiger partial charge in [0.2, 0.25) is 17.8 Å². The Morgan fingerprint density at radius 3 is 2.33 bits per heavy atom. The van der Waals surface area contributed by atoms with Gasteiger partial charge in [-0.05, 0) is 60.1 Å². The van der Waals surface area contributed by atoms with Crippen LogP contribution in [0.2, 0.25) is 0 Å². The molecule has 6 heteroatoms. The van der Waals surface area contributed by atoms with Gasteiger partial charge in [-0.15, -0.1) is 0 Å². The molecule has 3 N–H and O–H groups in total. The molecule has 0 bridgehead atoms. The molecule has 6 nitrogen and oxygen atoms in total. The van der Waals surface area contributed by atoms with Crippen LogP contribution in [-0.4, -0.2) is 21.0 Å². The third-order valence-corrected chi connectivity index (χ3v) is 7.65. The van der Waals surface area contributed by atoms with Gasteiger partial charge in [0.05, 0.1) is 12.1 Å². The molecule has 0 saturated heterocycles. The van der Waals surface area contributed by atoms with Gasteiger partial charge in [-0.2, -0.15) is 15.0 Å². The van der Waals surface area contributed by atoms with Crippen molar-refractivity contribution in [1.29, 1.82) is 0 Å². The summed E-state index contributed by atoms with van der Waals surface area (Å²) in [6, 6.07) is 24.3. The van der Waals surface area contributed by atoms with Crippen LogP contribution in [0.4, 0.5) is 17.8 Å². The van der Waals surface area contributed by atoms with Crippen LogP contribution >= 0.6 is 0 Å². The Morgan fingerprint density at radius 2 is 1.44 bits per heavy atom. The number of benzene rings is 3. The van der Waals surface area contributed by atoms with Crippen LogP contribution < -0.4 is 16.0 Å². The molecular weight excluding hydrogens is 444 g/mol. The lowest BCUT2D eigenvalue weighted by Gasteiger charge is -2.24. The maximum atomic E-state index is 4.82. The highest BCUT2D eigenvalue weighted by Gasteiger charge is 2.24. The van der Waals surface area contributed by atoms with Crippen molar-refractivity contribution in [3.8, 4) is 0 Å². The summed E-state index contributed by atoms with van der Waals surface area (Å²) in [5.41, 5.74) is 3.99. The van der Waals surface area contributed by atoms with Gasteiger partial charge in [0, 0.05) is 6.04 Å². The van der Waals surface area contributed by atoms with E-state index in [2.05, 4.69) is 89.6 Å². The summed E-state index contributed by atoms with van der Waals surface area (Å²) in [5.74, 6) is 1.87. The molecule has 0 unspecified atom stereocenters. The van der Waals surface area contributed by atoms with Crippen molar-refractivity contribution in [1.82, 2.24) is 15.0 Å². The number of anilines is 3. The summed E-state index contributed by atoms with van der Waals surface area (Å²) in [7, 11) is 0.